The first-order chi connectivity index (χ1) is 14.1. The molecule has 1 heterocycles. The van der Waals surface area contributed by atoms with Crippen molar-refractivity contribution < 1.29 is 0 Å². The first-order valence-electron chi connectivity index (χ1n) is 10.1. The van der Waals surface area contributed by atoms with Gasteiger partial charge in [0.05, 0.1) is 12.6 Å². The van der Waals surface area contributed by atoms with E-state index in [-0.39, 0.29) is 6.04 Å². The van der Waals surface area contributed by atoms with E-state index in [0.717, 1.165) is 36.9 Å². The Morgan fingerprint density at radius 2 is 2.00 bits per heavy atom. The van der Waals surface area contributed by atoms with Gasteiger partial charge >= 0.3 is 0 Å². The van der Waals surface area contributed by atoms with Crippen LogP contribution in [0.1, 0.15) is 38.2 Å². The molecule has 0 aliphatic heterocycles. The number of fused-ring (bicyclic) bond motifs is 1. The molecule has 2 aromatic carbocycles. The van der Waals surface area contributed by atoms with Crippen molar-refractivity contribution in [1.29, 1.82) is 0 Å². The highest BCUT2D eigenvalue weighted by Crippen LogP contribution is 2.20. The molecular weight excluding hydrogens is 360 g/mol. The van der Waals surface area contributed by atoms with Crippen molar-refractivity contribution in [3.8, 4) is 0 Å². The quantitative estimate of drug-likeness (QED) is 0.348. The molecular formula is C23H30N6. The monoisotopic (exact) mass is 390 g/mol. The smallest absolute Gasteiger partial charge is 0.192 e. The van der Waals surface area contributed by atoms with Gasteiger partial charge in [-0.1, -0.05) is 55.5 Å². The molecule has 0 fully saturated rings. The molecule has 0 saturated carbocycles. The van der Waals surface area contributed by atoms with Crippen LogP contribution in [0.25, 0.3) is 10.8 Å². The van der Waals surface area contributed by atoms with Crippen LogP contribution in [-0.2, 0) is 13.0 Å². The molecule has 1 unspecified atom stereocenters. The van der Waals surface area contributed by atoms with Gasteiger partial charge in [-0.25, -0.2) is 4.99 Å². The maximum atomic E-state index is 4.67. The summed E-state index contributed by atoms with van der Waals surface area (Å²) in [5, 5.41) is 17.6. The Bertz CT molecular complexity index is 988. The van der Waals surface area contributed by atoms with E-state index in [1.807, 2.05) is 6.92 Å². The van der Waals surface area contributed by atoms with Gasteiger partial charge in [0.25, 0.3) is 0 Å². The Kier molecular flexibility index (Phi) is 7.00. The SMILES string of the molecule is C=C(C)CN=C(NCCn1cnnc1CC)NC(C)c1ccc2ccccc2c1. The lowest BCUT2D eigenvalue weighted by Gasteiger charge is -2.19. The number of rotatable bonds is 8. The molecule has 2 N–H and O–H groups in total. The van der Waals surface area contributed by atoms with Crippen molar-refractivity contribution in [1.82, 2.24) is 25.4 Å². The highest BCUT2D eigenvalue weighted by atomic mass is 15.3. The molecule has 0 spiro atoms. The van der Waals surface area contributed by atoms with Crippen molar-refractivity contribution in [3.05, 3.63) is 72.3 Å². The fraction of sp³-hybridized carbons (Fsp3) is 0.348. The average molecular weight is 391 g/mol. The van der Waals surface area contributed by atoms with E-state index >= 15 is 0 Å². The summed E-state index contributed by atoms with van der Waals surface area (Å²) in [5.74, 6) is 1.77. The van der Waals surface area contributed by atoms with Crippen LogP contribution < -0.4 is 10.6 Å². The van der Waals surface area contributed by atoms with Gasteiger partial charge in [-0.05, 0) is 36.2 Å². The van der Waals surface area contributed by atoms with Crippen molar-refractivity contribution in [3.63, 3.8) is 0 Å². The van der Waals surface area contributed by atoms with Crippen molar-refractivity contribution in [2.45, 2.75) is 39.8 Å². The number of aryl methyl sites for hydroxylation is 1. The summed E-state index contributed by atoms with van der Waals surface area (Å²) in [6.45, 7) is 12.3. The maximum Gasteiger partial charge on any atom is 0.192 e. The van der Waals surface area contributed by atoms with E-state index < -0.39 is 0 Å². The molecule has 0 saturated heterocycles. The summed E-state index contributed by atoms with van der Waals surface area (Å²) in [4.78, 5) is 4.67. The lowest BCUT2D eigenvalue weighted by molar-refractivity contribution is 0.620. The van der Waals surface area contributed by atoms with Crippen LogP contribution in [0.2, 0.25) is 0 Å². The third-order valence-corrected chi connectivity index (χ3v) is 4.79. The minimum absolute atomic E-state index is 0.122. The molecule has 6 nitrogen and oxygen atoms in total. The lowest BCUT2D eigenvalue weighted by Crippen LogP contribution is -2.40. The molecule has 29 heavy (non-hydrogen) atoms. The molecule has 0 aliphatic carbocycles. The van der Waals surface area contributed by atoms with Crippen LogP contribution in [0.3, 0.4) is 0 Å². The zero-order valence-corrected chi connectivity index (χ0v) is 17.5. The van der Waals surface area contributed by atoms with Gasteiger partial charge < -0.3 is 15.2 Å². The van der Waals surface area contributed by atoms with E-state index in [2.05, 4.69) is 93.3 Å². The summed E-state index contributed by atoms with van der Waals surface area (Å²) in [7, 11) is 0. The summed E-state index contributed by atoms with van der Waals surface area (Å²) in [6, 6.07) is 15.1. The third-order valence-electron chi connectivity index (χ3n) is 4.79. The Balaban J connectivity index is 1.66. The first kappa shape index (κ1) is 20.6. The number of aromatic nitrogens is 3. The van der Waals surface area contributed by atoms with Gasteiger partial charge in [-0.15, -0.1) is 10.2 Å². The molecule has 1 atom stereocenters. The van der Waals surface area contributed by atoms with Gasteiger partial charge in [0.15, 0.2) is 5.96 Å². The number of benzene rings is 2. The van der Waals surface area contributed by atoms with Crippen LogP contribution in [0.4, 0.5) is 0 Å². The minimum Gasteiger partial charge on any atom is -0.355 e. The summed E-state index contributed by atoms with van der Waals surface area (Å²) in [6.07, 6.45) is 2.64. The molecule has 0 radical (unpaired) electrons. The second-order valence-corrected chi connectivity index (χ2v) is 7.32. The van der Waals surface area contributed by atoms with E-state index in [4.69, 9.17) is 0 Å². The second kappa shape index (κ2) is 9.87. The normalized spacial score (nSPS) is 12.7. The molecule has 6 heteroatoms. The van der Waals surface area contributed by atoms with Crippen LogP contribution in [0.15, 0.2) is 65.9 Å². The summed E-state index contributed by atoms with van der Waals surface area (Å²) < 4.78 is 2.07. The van der Waals surface area contributed by atoms with Gasteiger partial charge in [-0.2, -0.15) is 0 Å². The number of nitrogens with one attached hydrogen (secondary N) is 2. The van der Waals surface area contributed by atoms with Crippen LogP contribution in [-0.4, -0.2) is 33.8 Å². The molecule has 3 aromatic rings. The number of nitrogens with zero attached hydrogens (tertiary/aromatic N) is 4. The highest BCUT2D eigenvalue weighted by Gasteiger charge is 2.09. The van der Waals surface area contributed by atoms with E-state index in [0.29, 0.717) is 6.54 Å². The van der Waals surface area contributed by atoms with Gasteiger partial charge in [0.1, 0.15) is 12.2 Å². The van der Waals surface area contributed by atoms with Crippen molar-refractivity contribution >= 4 is 16.7 Å². The summed E-state index contributed by atoms with van der Waals surface area (Å²) >= 11 is 0. The minimum atomic E-state index is 0.122. The maximum absolute atomic E-state index is 4.67. The van der Waals surface area contributed by atoms with Crippen LogP contribution in [0, 0.1) is 0 Å². The van der Waals surface area contributed by atoms with Crippen LogP contribution >= 0.6 is 0 Å². The van der Waals surface area contributed by atoms with Gasteiger partial charge in [-0.3, -0.25) is 0 Å². The molecule has 3 rings (SSSR count). The topological polar surface area (TPSA) is 67.1 Å². The molecule has 0 aliphatic rings. The largest absolute Gasteiger partial charge is 0.355 e. The molecule has 1 aromatic heterocycles. The Hall–Kier alpha value is -3.15. The zero-order valence-electron chi connectivity index (χ0n) is 17.5. The van der Waals surface area contributed by atoms with Crippen LogP contribution in [0.5, 0.6) is 0 Å². The first-order valence-corrected chi connectivity index (χ1v) is 10.1. The average Bonchev–Trinajstić information content (AvgIpc) is 3.18. The van der Waals surface area contributed by atoms with Crippen molar-refractivity contribution in [2.75, 3.05) is 13.1 Å². The summed E-state index contributed by atoms with van der Waals surface area (Å²) in [5.41, 5.74) is 2.25. The number of hydrogen-bond donors (Lipinski definition) is 2. The number of hydrogen-bond acceptors (Lipinski definition) is 3. The zero-order chi connectivity index (χ0) is 20.6. The molecule has 152 valence electrons. The number of guanidine groups is 1. The second-order valence-electron chi connectivity index (χ2n) is 7.32. The predicted molar refractivity (Wildman–Crippen MR) is 120 cm³/mol. The fourth-order valence-corrected chi connectivity index (χ4v) is 3.17. The molecule has 0 amide bonds. The standard InChI is InChI=1S/C23H30N6/c1-5-22-28-26-16-29(22)13-12-24-23(25-15-17(2)3)27-18(4)20-11-10-19-8-6-7-9-21(19)14-20/h6-11,14,16,18H,2,5,12-13,15H2,1,3-4H3,(H2,24,25,27). The predicted octanol–water partition coefficient (Wildman–Crippen LogP) is 3.87. The Morgan fingerprint density at radius 3 is 2.76 bits per heavy atom. The number of aliphatic imine (C=N–C) groups is 1. The third kappa shape index (κ3) is 5.67. The lowest BCUT2D eigenvalue weighted by atomic mass is 10.0. The van der Waals surface area contributed by atoms with Gasteiger partial charge in [0.2, 0.25) is 0 Å². The molecule has 0 bridgehead atoms. The highest BCUT2D eigenvalue weighted by molar-refractivity contribution is 5.84. The van der Waals surface area contributed by atoms with E-state index in [1.54, 1.807) is 6.33 Å². The van der Waals surface area contributed by atoms with E-state index in [9.17, 15) is 0 Å². The Labute approximate surface area is 172 Å². The fourth-order valence-electron chi connectivity index (χ4n) is 3.17. The Morgan fingerprint density at radius 1 is 1.21 bits per heavy atom. The van der Waals surface area contributed by atoms with Crippen molar-refractivity contribution in [2.24, 2.45) is 4.99 Å². The van der Waals surface area contributed by atoms with E-state index in [1.165, 1.54) is 16.3 Å². The van der Waals surface area contributed by atoms with Gasteiger partial charge in [0, 0.05) is 19.5 Å².